The minimum atomic E-state index is 0.745. The molecule has 84 valence electrons. The van der Waals surface area contributed by atoms with Gasteiger partial charge >= 0.3 is 0 Å². The Hall–Kier alpha value is -1.22. The van der Waals surface area contributed by atoms with Crippen LogP contribution in [0.25, 0.3) is 10.9 Å². The predicted octanol–water partition coefficient (Wildman–Crippen LogP) is 3.21. The Balaban J connectivity index is 2.23. The van der Waals surface area contributed by atoms with E-state index in [1.54, 1.807) is 0 Å². The lowest BCUT2D eigenvalue weighted by Crippen LogP contribution is -1.97. The molecule has 0 fully saturated rings. The highest BCUT2D eigenvalue weighted by molar-refractivity contribution is 7.98. The lowest BCUT2D eigenvalue weighted by atomic mass is 10.2. The highest BCUT2D eigenvalue weighted by atomic mass is 32.2. The van der Waals surface area contributed by atoms with Crippen LogP contribution >= 0.6 is 11.8 Å². The molecule has 1 aromatic heterocycles. The van der Waals surface area contributed by atoms with Crippen molar-refractivity contribution in [2.24, 2.45) is 0 Å². The molecule has 1 heterocycles. The van der Waals surface area contributed by atoms with Crippen molar-refractivity contribution in [1.29, 1.82) is 0 Å². The molecule has 0 unspecified atom stereocenters. The molecule has 0 atom stereocenters. The molecule has 2 rings (SSSR count). The topological polar surface area (TPSA) is 22.0 Å². The molecule has 1 aromatic carbocycles. The Labute approximate surface area is 99.6 Å². The van der Waals surface area contributed by atoms with Gasteiger partial charge in [0.1, 0.15) is 6.29 Å². The maximum atomic E-state index is 10.7. The zero-order chi connectivity index (χ0) is 11.4. The summed E-state index contributed by atoms with van der Waals surface area (Å²) in [6.07, 6.45) is 6.30. The highest BCUT2D eigenvalue weighted by Crippen LogP contribution is 2.17. The summed E-state index contributed by atoms with van der Waals surface area (Å²) in [5.41, 5.74) is 1.96. The van der Waals surface area contributed by atoms with Crippen molar-refractivity contribution in [3.8, 4) is 0 Å². The maximum absolute atomic E-state index is 10.7. The van der Waals surface area contributed by atoms with Gasteiger partial charge in [-0.25, -0.2) is 0 Å². The van der Waals surface area contributed by atoms with Gasteiger partial charge in [-0.1, -0.05) is 0 Å². The number of carbonyl (C=O) groups excluding carboxylic acids is 1. The molecule has 16 heavy (non-hydrogen) atoms. The van der Waals surface area contributed by atoms with Gasteiger partial charge in [-0.15, -0.1) is 0 Å². The van der Waals surface area contributed by atoms with E-state index in [4.69, 9.17) is 0 Å². The number of hydrogen-bond acceptors (Lipinski definition) is 2. The van der Waals surface area contributed by atoms with E-state index in [1.165, 1.54) is 17.7 Å². The largest absolute Gasteiger partial charge is 0.347 e. The van der Waals surface area contributed by atoms with Gasteiger partial charge in [0.25, 0.3) is 0 Å². The summed E-state index contributed by atoms with van der Waals surface area (Å²) in [6.45, 7) is 1.05. The Morgan fingerprint density at radius 1 is 1.38 bits per heavy atom. The van der Waals surface area contributed by atoms with Gasteiger partial charge in [0.05, 0.1) is 0 Å². The summed E-state index contributed by atoms with van der Waals surface area (Å²) in [7, 11) is 0. The van der Waals surface area contributed by atoms with E-state index in [0.29, 0.717) is 0 Å². The zero-order valence-corrected chi connectivity index (χ0v) is 10.2. The van der Waals surface area contributed by atoms with Gasteiger partial charge in [-0.2, -0.15) is 11.8 Å². The molecule has 2 nitrogen and oxygen atoms in total. The molecule has 0 aliphatic carbocycles. The molecule has 0 amide bonds. The minimum absolute atomic E-state index is 0.745. The number of carbonyl (C=O) groups is 1. The van der Waals surface area contributed by atoms with Gasteiger partial charge in [0.2, 0.25) is 0 Å². The number of nitrogens with zero attached hydrogens (tertiary/aromatic N) is 1. The Morgan fingerprint density at radius 3 is 3.00 bits per heavy atom. The van der Waals surface area contributed by atoms with Crippen molar-refractivity contribution in [2.45, 2.75) is 13.0 Å². The molecule has 0 saturated heterocycles. The molecule has 0 N–H and O–H groups in total. The van der Waals surface area contributed by atoms with Crippen LogP contribution in [0, 0.1) is 0 Å². The normalized spacial score (nSPS) is 10.8. The molecular formula is C13H15NOS. The van der Waals surface area contributed by atoms with Crippen LogP contribution in [0.1, 0.15) is 16.8 Å². The van der Waals surface area contributed by atoms with Crippen molar-refractivity contribution < 1.29 is 4.79 Å². The summed E-state index contributed by atoms with van der Waals surface area (Å²) in [5.74, 6) is 1.19. The van der Waals surface area contributed by atoms with E-state index in [-0.39, 0.29) is 0 Å². The Bertz CT molecular complexity index is 490. The quantitative estimate of drug-likeness (QED) is 0.584. The number of benzene rings is 1. The van der Waals surface area contributed by atoms with Gasteiger partial charge in [-0.3, -0.25) is 4.79 Å². The third-order valence-corrected chi connectivity index (χ3v) is 3.38. The predicted molar refractivity (Wildman–Crippen MR) is 70.3 cm³/mol. The zero-order valence-electron chi connectivity index (χ0n) is 9.35. The molecule has 0 radical (unpaired) electrons. The standard InChI is InChI=1S/C13H15NOS/c1-16-8-2-6-14-7-5-12-9-11(10-15)3-4-13(12)14/h3-5,7,9-10H,2,6,8H2,1H3. The first-order valence-corrected chi connectivity index (χ1v) is 6.77. The number of fused-ring (bicyclic) bond motifs is 1. The van der Waals surface area contributed by atoms with E-state index >= 15 is 0 Å². The van der Waals surface area contributed by atoms with Crippen LogP contribution in [0.3, 0.4) is 0 Å². The number of rotatable bonds is 5. The highest BCUT2D eigenvalue weighted by Gasteiger charge is 2.01. The second kappa shape index (κ2) is 5.21. The van der Waals surface area contributed by atoms with Crippen molar-refractivity contribution in [1.82, 2.24) is 4.57 Å². The van der Waals surface area contributed by atoms with Crippen molar-refractivity contribution in [3.05, 3.63) is 36.0 Å². The van der Waals surface area contributed by atoms with E-state index in [9.17, 15) is 4.79 Å². The number of aromatic nitrogens is 1. The summed E-state index contributed by atoms with van der Waals surface area (Å²) in [4.78, 5) is 10.7. The van der Waals surface area contributed by atoms with Crippen LogP contribution in [0.2, 0.25) is 0 Å². The average molecular weight is 233 g/mol. The second-order valence-corrected chi connectivity index (χ2v) is 4.78. The van der Waals surface area contributed by atoms with Crippen LogP contribution in [-0.4, -0.2) is 22.9 Å². The smallest absolute Gasteiger partial charge is 0.150 e. The van der Waals surface area contributed by atoms with Crippen LogP contribution < -0.4 is 0 Å². The van der Waals surface area contributed by atoms with Crippen molar-refractivity contribution in [2.75, 3.05) is 12.0 Å². The molecule has 0 aliphatic heterocycles. The lowest BCUT2D eigenvalue weighted by molar-refractivity contribution is 0.112. The number of aryl methyl sites for hydroxylation is 1. The van der Waals surface area contributed by atoms with Gasteiger partial charge in [-0.05, 0) is 42.7 Å². The van der Waals surface area contributed by atoms with Crippen LogP contribution in [0.4, 0.5) is 0 Å². The monoisotopic (exact) mass is 233 g/mol. The molecule has 0 spiro atoms. The third kappa shape index (κ3) is 2.30. The minimum Gasteiger partial charge on any atom is -0.347 e. The van der Waals surface area contributed by atoms with E-state index in [0.717, 1.165) is 23.8 Å². The molecule has 2 aromatic rings. The first-order valence-electron chi connectivity index (χ1n) is 5.38. The molecule has 0 saturated carbocycles. The second-order valence-electron chi connectivity index (χ2n) is 3.79. The van der Waals surface area contributed by atoms with Gasteiger partial charge in [0, 0.05) is 29.2 Å². The van der Waals surface area contributed by atoms with Crippen LogP contribution in [0.5, 0.6) is 0 Å². The first kappa shape index (κ1) is 11.3. The SMILES string of the molecule is CSCCCn1ccc2cc(C=O)ccc21. The maximum Gasteiger partial charge on any atom is 0.150 e. The average Bonchev–Trinajstić information content (AvgIpc) is 2.72. The van der Waals surface area contributed by atoms with Crippen LogP contribution in [0.15, 0.2) is 30.5 Å². The van der Waals surface area contributed by atoms with E-state index in [1.807, 2.05) is 30.0 Å². The fraction of sp³-hybridized carbons (Fsp3) is 0.308. The van der Waals surface area contributed by atoms with E-state index < -0.39 is 0 Å². The fourth-order valence-electron chi connectivity index (χ4n) is 1.87. The molecule has 0 aliphatic rings. The summed E-state index contributed by atoms with van der Waals surface area (Å²) >= 11 is 1.88. The summed E-state index contributed by atoms with van der Waals surface area (Å²) in [6, 6.07) is 7.91. The fourth-order valence-corrected chi connectivity index (χ4v) is 2.28. The summed E-state index contributed by atoms with van der Waals surface area (Å²) in [5, 5.41) is 1.15. The Morgan fingerprint density at radius 2 is 2.25 bits per heavy atom. The Kier molecular flexibility index (Phi) is 3.67. The molecule has 0 bridgehead atoms. The number of aldehydes is 1. The summed E-state index contributed by atoms with van der Waals surface area (Å²) < 4.78 is 2.25. The third-order valence-electron chi connectivity index (χ3n) is 2.68. The first-order chi connectivity index (χ1) is 7.85. The van der Waals surface area contributed by atoms with Gasteiger partial charge in [0.15, 0.2) is 0 Å². The molecule has 3 heteroatoms. The number of hydrogen-bond donors (Lipinski definition) is 0. The lowest BCUT2D eigenvalue weighted by Gasteiger charge is -2.04. The van der Waals surface area contributed by atoms with Crippen molar-refractivity contribution in [3.63, 3.8) is 0 Å². The molecular weight excluding hydrogens is 218 g/mol. The van der Waals surface area contributed by atoms with Crippen molar-refractivity contribution >= 4 is 29.0 Å². The van der Waals surface area contributed by atoms with Crippen LogP contribution in [-0.2, 0) is 6.54 Å². The van der Waals surface area contributed by atoms with E-state index in [2.05, 4.69) is 23.1 Å². The number of thioether (sulfide) groups is 1. The van der Waals surface area contributed by atoms with Gasteiger partial charge < -0.3 is 4.57 Å².